The van der Waals surface area contributed by atoms with Crippen LogP contribution in [0, 0.1) is 5.92 Å². The van der Waals surface area contributed by atoms with Crippen LogP contribution in [0.5, 0.6) is 0 Å². The van der Waals surface area contributed by atoms with Crippen molar-refractivity contribution in [2.24, 2.45) is 16.8 Å². The highest BCUT2D eigenvalue weighted by atomic mass is 15.3. The maximum Gasteiger partial charge on any atom is 0.113 e. The molecule has 64 valence electrons. The van der Waals surface area contributed by atoms with E-state index in [0.717, 1.165) is 18.8 Å². The lowest BCUT2D eigenvalue weighted by Crippen LogP contribution is -2.39. The van der Waals surface area contributed by atoms with Crippen molar-refractivity contribution < 1.29 is 0 Å². The molecule has 0 aliphatic heterocycles. The van der Waals surface area contributed by atoms with E-state index in [4.69, 9.17) is 5.84 Å². The molecule has 0 amide bonds. The van der Waals surface area contributed by atoms with E-state index in [9.17, 15) is 0 Å². The van der Waals surface area contributed by atoms with Gasteiger partial charge in [-0.15, -0.1) is 0 Å². The van der Waals surface area contributed by atoms with Crippen LogP contribution in [0.15, 0.2) is 4.99 Å². The molecule has 0 radical (unpaired) electrons. The average molecular weight is 155 g/mol. The lowest BCUT2D eigenvalue weighted by atomic mass is 9.84. The molecule has 3 nitrogen and oxygen atoms in total. The number of nitrogens with one attached hydrogen (secondary N) is 1. The summed E-state index contributed by atoms with van der Waals surface area (Å²) >= 11 is 0. The third-order valence-corrected chi connectivity index (χ3v) is 2.15. The summed E-state index contributed by atoms with van der Waals surface area (Å²) in [6, 6.07) is 0. The molecular formula is C8H17N3. The van der Waals surface area contributed by atoms with Gasteiger partial charge in [0, 0.05) is 12.5 Å². The van der Waals surface area contributed by atoms with E-state index < -0.39 is 0 Å². The van der Waals surface area contributed by atoms with Crippen molar-refractivity contribution in [3.05, 3.63) is 0 Å². The summed E-state index contributed by atoms with van der Waals surface area (Å²) in [6.45, 7) is 3.02. The first-order valence-corrected chi connectivity index (χ1v) is 4.39. The Bertz CT molecular complexity index is 138. The summed E-state index contributed by atoms with van der Waals surface area (Å²) < 4.78 is 0. The van der Waals surface area contributed by atoms with Gasteiger partial charge in [0.25, 0.3) is 0 Å². The Hall–Kier alpha value is -0.570. The van der Waals surface area contributed by atoms with Crippen molar-refractivity contribution in [3.8, 4) is 0 Å². The predicted molar refractivity (Wildman–Crippen MR) is 47.3 cm³/mol. The zero-order valence-electron chi connectivity index (χ0n) is 7.14. The molecule has 0 aromatic carbocycles. The minimum absolute atomic E-state index is 0.631. The van der Waals surface area contributed by atoms with Crippen LogP contribution < -0.4 is 11.3 Å². The van der Waals surface area contributed by atoms with Gasteiger partial charge in [0.1, 0.15) is 5.84 Å². The predicted octanol–water partition coefficient (Wildman–Crippen LogP) is 1.06. The summed E-state index contributed by atoms with van der Waals surface area (Å²) in [7, 11) is 0. The smallest absolute Gasteiger partial charge is 0.113 e. The summed E-state index contributed by atoms with van der Waals surface area (Å²) in [5.41, 5.74) is 2.69. The number of nitrogens with two attached hydrogens (primary N) is 1. The van der Waals surface area contributed by atoms with Gasteiger partial charge in [-0.1, -0.05) is 13.3 Å². The van der Waals surface area contributed by atoms with E-state index in [1.807, 2.05) is 0 Å². The maximum absolute atomic E-state index is 5.34. The van der Waals surface area contributed by atoms with E-state index in [0.29, 0.717) is 5.92 Å². The number of nitrogens with zero attached hydrogens (tertiary/aromatic N) is 1. The van der Waals surface area contributed by atoms with Crippen LogP contribution in [-0.4, -0.2) is 12.4 Å². The van der Waals surface area contributed by atoms with Crippen LogP contribution in [-0.2, 0) is 0 Å². The number of aliphatic imine (C=N–C) groups is 1. The molecule has 0 bridgehead atoms. The molecule has 0 heterocycles. The van der Waals surface area contributed by atoms with Gasteiger partial charge < -0.3 is 5.43 Å². The molecule has 11 heavy (non-hydrogen) atoms. The Morgan fingerprint density at radius 2 is 2.36 bits per heavy atom. The second kappa shape index (κ2) is 4.34. The lowest BCUT2D eigenvalue weighted by Gasteiger charge is -2.26. The second-order valence-electron chi connectivity index (χ2n) is 3.04. The van der Waals surface area contributed by atoms with Gasteiger partial charge >= 0.3 is 0 Å². The van der Waals surface area contributed by atoms with Gasteiger partial charge in [-0.05, 0) is 19.3 Å². The van der Waals surface area contributed by atoms with E-state index in [1.54, 1.807) is 0 Å². The molecule has 0 spiro atoms. The number of hydrogen-bond acceptors (Lipinski definition) is 2. The first-order valence-electron chi connectivity index (χ1n) is 4.39. The number of hydrazine groups is 1. The van der Waals surface area contributed by atoms with Gasteiger partial charge in [-0.3, -0.25) is 4.99 Å². The lowest BCUT2D eigenvalue weighted by molar-refractivity contribution is 0.403. The van der Waals surface area contributed by atoms with Crippen molar-refractivity contribution in [2.75, 3.05) is 6.54 Å². The molecule has 1 aliphatic rings. The van der Waals surface area contributed by atoms with E-state index in [1.165, 1.54) is 19.3 Å². The standard InChI is InChI=1S/C8H17N3/c1-2-6-10-8(11-9)7-4-3-5-7/h7H,2-6,9H2,1H3,(H,10,11). The molecule has 0 saturated heterocycles. The van der Waals surface area contributed by atoms with Crippen molar-refractivity contribution in [2.45, 2.75) is 32.6 Å². The number of hydrogen-bond donors (Lipinski definition) is 2. The van der Waals surface area contributed by atoms with Crippen LogP contribution in [0.3, 0.4) is 0 Å². The molecule has 0 aromatic rings. The quantitative estimate of drug-likeness (QED) is 0.277. The monoisotopic (exact) mass is 155 g/mol. The fraction of sp³-hybridized carbons (Fsp3) is 0.875. The third-order valence-electron chi connectivity index (χ3n) is 2.15. The van der Waals surface area contributed by atoms with Gasteiger partial charge in [0.15, 0.2) is 0 Å². The minimum atomic E-state index is 0.631. The highest BCUT2D eigenvalue weighted by Gasteiger charge is 2.22. The summed E-state index contributed by atoms with van der Waals surface area (Å²) in [5, 5.41) is 0. The van der Waals surface area contributed by atoms with Gasteiger partial charge in [-0.2, -0.15) is 0 Å². The Balaban J connectivity index is 2.33. The van der Waals surface area contributed by atoms with E-state index in [-0.39, 0.29) is 0 Å². The van der Waals surface area contributed by atoms with Gasteiger partial charge in [0.2, 0.25) is 0 Å². The highest BCUT2D eigenvalue weighted by molar-refractivity contribution is 5.84. The van der Waals surface area contributed by atoms with Crippen LogP contribution in [0.2, 0.25) is 0 Å². The SMILES string of the molecule is CCCN=C(NN)C1CCC1. The van der Waals surface area contributed by atoms with Crippen molar-refractivity contribution in [1.29, 1.82) is 0 Å². The van der Waals surface area contributed by atoms with Crippen LogP contribution in [0.1, 0.15) is 32.6 Å². The number of amidine groups is 1. The van der Waals surface area contributed by atoms with Crippen LogP contribution in [0.4, 0.5) is 0 Å². The summed E-state index contributed by atoms with van der Waals surface area (Å²) in [5.74, 6) is 6.99. The fourth-order valence-electron chi connectivity index (χ4n) is 1.21. The average Bonchev–Trinajstić information content (AvgIpc) is 1.93. The fourth-order valence-corrected chi connectivity index (χ4v) is 1.21. The van der Waals surface area contributed by atoms with Crippen molar-refractivity contribution >= 4 is 5.84 Å². The molecule has 3 heteroatoms. The first-order chi connectivity index (χ1) is 5.38. The zero-order chi connectivity index (χ0) is 8.10. The van der Waals surface area contributed by atoms with Crippen molar-refractivity contribution in [1.82, 2.24) is 5.43 Å². The molecule has 1 fully saturated rings. The Labute approximate surface area is 68.0 Å². The van der Waals surface area contributed by atoms with Crippen molar-refractivity contribution in [3.63, 3.8) is 0 Å². The molecular weight excluding hydrogens is 138 g/mol. The molecule has 0 unspecified atom stereocenters. The largest absolute Gasteiger partial charge is 0.312 e. The van der Waals surface area contributed by atoms with Gasteiger partial charge in [-0.25, -0.2) is 5.84 Å². The number of rotatable bonds is 3. The van der Waals surface area contributed by atoms with Crippen LogP contribution >= 0.6 is 0 Å². The Kier molecular flexibility index (Phi) is 3.36. The molecule has 1 saturated carbocycles. The van der Waals surface area contributed by atoms with Gasteiger partial charge in [0.05, 0.1) is 0 Å². The topological polar surface area (TPSA) is 50.4 Å². The summed E-state index contributed by atoms with van der Waals surface area (Å²) in [4.78, 5) is 4.36. The van der Waals surface area contributed by atoms with E-state index in [2.05, 4.69) is 17.3 Å². The second-order valence-corrected chi connectivity index (χ2v) is 3.04. The molecule has 0 aromatic heterocycles. The zero-order valence-corrected chi connectivity index (χ0v) is 7.14. The Morgan fingerprint density at radius 3 is 2.73 bits per heavy atom. The summed E-state index contributed by atoms with van der Waals surface area (Å²) in [6.07, 6.45) is 4.94. The maximum atomic E-state index is 5.34. The molecule has 0 atom stereocenters. The first kappa shape index (κ1) is 8.53. The Morgan fingerprint density at radius 1 is 1.64 bits per heavy atom. The van der Waals surface area contributed by atoms with Crippen LogP contribution in [0.25, 0.3) is 0 Å². The molecule has 1 rings (SSSR count). The highest BCUT2D eigenvalue weighted by Crippen LogP contribution is 2.26. The normalized spacial score (nSPS) is 19.6. The molecule has 3 N–H and O–H groups in total. The molecule has 1 aliphatic carbocycles. The minimum Gasteiger partial charge on any atom is -0.312 e. The van der Waals surface area contributed by atoms with E-state index >= 15 is 0 Å². The third kappa shape index (κ3) is 2.19.